The van der Waals surface area contributed by atoms with Gasteiger partial charge in [-0.2, -0.15) is 0 Å². The SMILES string of the molecule is COc1cc(N(C)[O-])ccc1OCCN1CCNC1=O. The highest BCUT2D eigenvalue weighted by Crippen LogP contribution is 2.31. The number of benzene rings is 1. The Bertz CT molecular complexity index is 479. The van der Waals surface area contributed by atoms with Crippen LogP contribution in [0.15, 0.2) is 18.2 Å². The Balaban J connectivity index is 1.93. The van der Waals surface area contributed by atoms with Gasteiger partial charge in [-0.1, -0.05) is 0 Å². The molecule has 2 rings (SSSR count). The minimum Gasteiger partial charge on any atom is -0.758 e. The van der Waals surface area contributed by atoms with Gasteiger partial charge in [-0.25, -0.2) is 4.79 Å². The second-order valence-electron chi connectivity index (χ2n) is 4.40. The van der Waals surface area contributed by atoms with Crippen molar-refractivity contribution in [1.29, 1.82) is 0 Å². The maximum atomic E-state index is 11.4. The van der Waals surface area contributed by atoms with Gasteiger partial charge in [0.2, 0.25) is 0 Å². The molecule has 1 fully saturated rings. The van der Waals surface area contributed by atoms with Crippen LogP contribution in [0.2, 0.25) is 0 Å². The van der Waals surface area contributed by atoms with Crippen molar-refractivity contribution in [2.45, 2.75) is 0 Å². The predicted octanol–water partition coefficient (Wildman–Crippen LogP) is 1.03. The zero-order valence-corrected chi connectivity index (χ0v) is 11.6. The molecular weight excluding hydrogens is 262 g/mol. The highest BCUT2D eigenvalue weighted by atomic mass is 16.5. The van der Waals surface area contributed by atoms with Crippen LogP contribution in [0.5, 0.6) is 11.5 Å². The summed E-state index contributed by atoms with van der Waals surface area (Å²) in [5.41, 5.74) is 0.494. The monoisotopic (exact) mass is 280 g/mol. The molecule has 0 aromatic heterocycles. The van der Waals surface area contributed by atoms with Crippen LogP contribution in [-0.4, -0.2) is 51.3 Å². The number of ether oxygens (including phenoxy) is 2. The van der Waals surface area contributed by atoms with E-state index in [2.05, 4.69) is 5.32 Å². The number of carbonyl (C=O) groups is 1. The van der Waals surface area contributed by atoms with E-state index in [9.17, 15) is 10.0 Å². The molecule has 7 heteroatoms. The Morgan fingerprint density at radius 2 is 2.25 bits per heavy atom. The van der Waals surface area contributed by atoms with Crippen LogP contribution in [0, 0.1) is 5.21 Å². The lowest BCUT2D eigenvalue weighted by atomic mass is 10.2. The van der Waals surface area contributed by atoms with Gasteiger partial charge < -0.3 is 30.0 Å². The Morgan fingerprint density at radius 1 is 1.45 bits per heavy atom. The summed E-state index contributed by atoms with van der Waals surface area (Å²) in [6.07, 6.45) is 0. The third kappa shape index (κ3) is 3.24. The molecule has 0 radical (unpaired) electrons. The number of nitrogens with zero attached hydrogens (tertiary/aromatic N) is 2. The lowest BCUT2D eigenvalue weighted by Gasteiger charge is -2.25. The van der Waals surface area contributed by atoms with Gasteiger partial charge in [-0.3, -0.25) is 0 Å². The van der Waals surface area contributed by atoms with Crippen molar-refractivity contribution in [1.82, 2.24) is 10.2 Å². The highest BCUT2D eigenvalue weighted by molar-refractivity contribution is 5.76. The number of hydroxylamine groups is 1. The highest BCUT2D eigenvalue weighted by Gasteiger charge is 2.18. The molecule has 0 unspecified atom stereocenters. The molecule has 1 aromatic carbocycles. The maximum Gasteiger partial charge on any atom is 0.317 e. The number of carbonyl (C=O) groups excluding carboxylic acids is 1. The Morgan fingerprint density at radius 3 is 2.85 bits per heavy atom. The van der Waals surface area contributed by atoms with Crippen LogP contribution in [-0.2, 0) is 0 Å². The molecule has 7 nitrogen and oxygen atoms in total. The van der Waals surface area contributed by atoms with Gasteiger partial charge in [0, 0.05) is 24.8 Å². The molecule has 0 spiro atoms. The molecule has 1 aliphatic rings. The third-order valence-corrected chi connectivity index (χ3v) is 3.07. The van der Waals surface area contributed by atoms with Crippen LogP contribution < -0.4 is 19.9 Å². The van der Waals surface area contributed by atoms with Crippen molar-refractivity contribution >= 4 is 11.7 Å². The van der Waals surface area contributed by atoms with Gasteiger partial charge in [-0.05, 0) is 19.2 Å². The van der Waals surface area contributed by atoms with Crippen LogP contribution in [0.1, 0.15) is 0 Å². The van der Waals surface area contributed by atoms with Gasteiger partial charge in [0.25, 0.3) is 0 Å². The molecule has 0 atom stereocenters. The second kappa shape index (κ2) is 6.33. The number of rotatable bonds is 6. The summed E-state index contributed by atoms with van der Waals surface area (Å²) in [6.45, 7) is 2.25. The van der Waals surface area contributed by atoms with Crippen LogP contribution in [0.25, 0.3) is 0 Å². The Labute approximate surface area is 117 Å². The van der Waals surface area contributed by atoms with Gasteiger partial charge in [0.1, 0.15) is 6.61 Å². The zero-order chi connectivity index (χ0) is 14.5. The number of urea groups is 1. The average molecular weight is 280 g/mol. The summed E-state index contributed by atoms with van der Waals surface area (Å²) in [5.74, 6) is 1.05. The normalized spacial score (nSPS) is 14.2. The van der Waals surface area contributed by atoms with Gasteiger partial charge in [0.05, 0.1) is 13.7 Å². The molecule has 1 saturated heterocycles. The van der Waals surface area contributed by atoms with E-state index in [0.717, 1.165) is 5.06 Å². The number of amides is 2. The van der Waals surface area contributed by atoms with Crippen molar-refractivity contribution < 1.29 is 14.3 Å². The second-order valence-corrected chi connectivity index (χ2v) is 4.40. The van der Waals surface area contributed by atoms with E-state index < -0.39 is 0 Å². The summed E-state index contributed by atoms with van der Waals surface area (Å²) in [5, 5.41) is 14.7. The predicted molar refractivity (Wildman–Crippen MR) is 75.2 cm³/mol. The Kier molecular flexibility index (Phi) is 4.52. The lowest BCUT2D eigenvalue weighted by Crippen LogP contribution is -2.31. The van der Waals surface area contributed by atoms with Gasteiger partial charge in [-0.15, -0.1) is 0 Å². The molecule has 2 amide bonds. The molecule has 0 aliphatic carbocycles. The van der Waals surface area contributed by atoms with Crippen molar-refractivity contribution in [2.24, 2.45) is 0 Å². The molecular formula is C13H18N3O4-. The van der Waals surface area contributed by atoms with E-state index in [1.54, 1.807) is 23.1 Å². The fourth-order valence-corrected chi connectivity index (χ4v) is 1.96. The van der Waals surface area contributed by atoms with E-state index in [-0.39, 0.29) is 6.03 Å². The number of hydrogen-bond donors (Lipinski definition) is 1. The van der Waals surface area contributed by atoms with Crippen molar-refractivity contribution in [3.8, 4) is 11.5 Å². The fraction of sp³-hybridized carbons (Fsp3) is 0.462. The number of nitrogens with one attached hydrogen (secondary N) is 1. The lowest BCUT2D eigenvalue weighted by molar-refractivity contribution is 0.201. The van der Waals surface area contributed by atoms with E-state index in [1.807, 2.05) is 0 Å². The maximum absolute atomic E-state index is 11.4. The van der Waals surface area contributed by atoms with E-state index >= 15 is 0 Å². The van der Waals surface area contributed by atoms with Gasteiger partial charge >= 0.3 is 6.03 Å². The topological polar surface area (TPSA) is 77.1 Å². The first-order valence-corrected chi connectivity index (χ1v) is 6.36. The summed E-state index contributed by atoms with van der Waals surface area (Å²) in [7, 11) is 2.94. The molecule has 1 aliphatic heterocycles. The number of methoxy groups -OCH3 is 1. The van der Waals surface area contributed by atoms with Crippen molar-refractivity contribution in [3.05, 3.63) is 23.4 Å². The van der Waals surface area contributed by atoms with Crippen LogP contribution >= 0.6 is 0 Å². The van der Waals surface area contributed by atoms with Crippen LogP contribution in [0.3, 0.4) is 0 Å². The first-order valence-electron chi connectivity index (χ1n) is 6.36. The summed E-state index contributed by atoms with van der Waals surface area (Å²) in [4.78, 5) is 13.0. The quantitative estimate of drug-likeness (QED) is 0.788. The smallest absolute Gasteiger partial charge is 0.317 e. The largest absolute Gasteiger partial charge is 0.758 e. The van der Waals surface area contributed by atoms with Crippen molar-refractivity contribution in [2.75, 3.05) is 45.5 Å². The Hall–Kier alpha value is -2.15. The van der Waals surface area contributed by atoms with E-state index in [0.29, 0.717) is 43.4 Å². The molecule has 20 heavy (non-hydrogen) atoms. The van der Waals surface area contributed by atoms with E-state index in [1.165, 1.54) is 14.2 Å². The standard InChI is InChI=1S/C13H18N3O4/c1-15(18)10-3-4-11(12(9-10)19-2)20-8-7-16-6-5-14-13(16)17/h3-4,9H,5-8H2,1-2H3,(H,14,17)/q-1. The summed E-state index contributed by atoms with van der Waals surface area (Å²) < 4.78 is 10.8. The molecule has 0 saturated carbocycles. The molecule has 110 valence electrons. The minimum atomic E-state index is -0.0658. The molecule has 1 N–H and O–H groups in total. The first-order chi connectivity index (χ1) is 9.61. The molecule has 1 aromatic rings. The van der Waals surface area contributed by atoms with E-state index in [4.69, 9.17) is 9.47 Å². The minimum absolute atomic E-state index is 0.0658. The third-order valence-electron chi connectivity index (χ3n) is 3.07. The fourth-order valence-electron chi connectivity index (χ4n) is 1.96. The number of hydrogen-bond acceptors (Lipinski definition) is 5. The summed E-state index contributed by atoms with van der Waals surface area (Å²) in [6, 6.07) is 4.90. The first kappa shape index (κ1) is 14.3. The molecule has 0 bridgehead atoms. The summed E-state index contributed by atoms with van der Waals surface area (Å²) >= 11 is 0. The zero-order valence-electron chi connectivity index (χ0n) is 11.6. The van der Waals surface area contributed by atoms with Gasteiger partial charge in [0.15, 0.2) is 11.5 Å². The molecule has 1 heterocycles. The van der Waals surface area contributed by atoms with Crippen LogP contribution in [0.4, 0.5) is 10.5 Å². The number of anilines is 1. The van der Waals surface area contributed by atoms with Crippen molar-refractivity contribution in [3.63, 3.8) is 0 Å². The average Bonchev–Trinajstić information content (AvgIpc) is 2.84.